The topological polar surface area (TPSA) is 66.5 Å². The van der Waals surface area contributed by atoms with Crippen LogP contribution < -0.4 is 5.73 Å². The van der Waals surface area contributed by atoms with Crippen LogP contribution in [-0.4, -0.2) is 10.2 Å². The molecule has 3 heteroatoms. The van der Waals surface area contributed by atoms with Gasteiger partial charge in [0, 0.05) is 5.56 Å². The van der Waals surface area contributed by atoms with E-state index in [1.807, 2.05) is 0 Å². The number of benzene rings is 1. The maximum absolute atomic E-state index is 9.49. The fraction of sp³-hybridized carbons (Fsp3) is 0.200. The van der Waals surface area contributed by atoms with E-state index in [1.54, 1.807) is 12.1 Å². The quantitative estimate of drug-likeness (QED) is 0.608. The van der Waals surface area contributed by atoms with Crippen LogP contribution in [0.25, 0.3) is 0 Å². The van der Waals surface area contributed by atoms with Gasteiger partial charge >= 0.3 is 0 Å². The number of hydrogen-bond donors (Lipinski definition) is 3. The number of aromatic hydroxyl groups is 1. The summed E-state index contributed by atoms with van der Waals surface area (Å²) in [6, 6.07) is 4.49. The summed E-state index contributed by atoms with van der Waals surface area (Å²) in [6.07, 6.45) is 1.52. The molecule has 0 aliphatic rings. The number of nitrogens with two attached hydrogens (primary N) is 1. The summed E-state index contributed by atoms with van der Waals surface area (Å²) in [5.41, 5.74) is 6.86. The first-order valence-electron chi connectivity index (χ1n) is 4.00. The van der Waals surface area contributed by atoms with Gasteiger partial charge in [0.05, 0.1) is 12.6 Å². The molecule has 0 heterocycles. The van der Waals surface area contributed by atoms with E-state index in [4.69, 9.17) is 10.8 Å². The molecule has 0 amide bonds. The maximum Gasteiger partial charge on any atom is 0.121 e. The summed E-state index contributed by atoms with van der Waals surface area (Å²) >= 11 is 0. The van der Waals surface area contributed by atoms with Crippen molar-refractivity contribution >= 4 is 0 Å². The standard InChI is InChI=1S/C10H13NO2/c1-2-8(11)10-7(6-12)4-3-5-9(10)13/h2-5,8,12-13H,1,6,11H2/t8-/m0/s1. The van der Waals surface area contributed by atoms with Gasteiger partial charge < -0.3 is 15.9 Å². The molecule has 0 unspecified atom stereocenters. The lowest BCUT2D eigenvalue weighted by atomic mass is 10.0. The van der Waals surface area contributed by atoms with Crippen LogP contribution in [0.5, 0.6) is 5.75 Å². The Labute approximate surface area is 77.1 Å². The summed E-state index contributed by atoms with van der Waals surface area (Å²) in [7, 11) is 0. The highest BCUT2D eigenvalue weighted by Crippen LogP contribution is 2.26. The third kappa shape index (κ3) is 1.88. The van der Waals surface area contributed by atoms with Gasteiger partial charge in [0.2, 0.25) is 0 Å². The first-order valence-corrected chi connectivity index (χ1v) is 4.00. The van der Waals surface area contributed by atoms with E-state index in [0.717, 1.165) is 0 Å². The van der Waals surface area contributed by atoms with Gasteiger partial charge in [-0.2, -0.15) is 0 Å². The Hall–Kier alpha value is -1.32. The Kier molecular flexibility index (Phi) is 3.06. The fourth-order valence-corrected chi connectivity index (χ4v) is 1.24. The van der Waals surface area contributed by atoms with Gasteiger partial charge in [0.25, 0.3) is 0 Å². The van der Waals surface area contributed by atoms with E-state index >= 15 is 0 Å². The van der Waals surface area contributed by atoms with Gasteiger partial charge in [-0.15, -0.1) is 6.58 Å². The molecular formula is C10H13NO2. The zero-order chi connectivity index (χ0) is 9.84. The second-order valence-electron chi connectivity index (χ2n) is 2.77. The molecule has 1 aromatic rings. The number of phenolic OH excluding ortho intramolecular Hbond substituents is 1. The summed E-state index contributed by atoms with van der Waals surface area (Å²) in [6.45, 7) is 3.40. The second kappa shape index (κ2) is 4.07. The predicted octanol–water partition coefficient (Wildman–Crippen LogP) is 1.07. The summed E-state index contributed by atoms with van der Waals surface area (Å²) in [5.74, 6) is 0.0963. The predicted molar refractivity (Wildman–Crippen MR) is 51.2 cm³/mol. The van der Waals surface area contributed by atoms with Gasteiger partial charge in [-0.3, -0.25) is 0 Å². The fourth-order valence-electron chi connectivity index (χ4n) is 1.24. The molecule has 0 radical (unpaired) electrons. The van der Waals surface area contributed by atoms with E-state index in [-0.39, 0.29) is 12.4 Å². The van der Waals surface area contributed by atoms with E-state index in [1.165, 1.54) is 12.1 Å². The Bertz CT molecular complexity index is 310. The van der Waals surface area contributed by atoms with Crippen LogP contribution in [0.2, 0.25) is 0 Å². The molecule has 3 nitrogen and oxygen atoms in total. The molecule has 0 saturated carbocycles. The number of aliphatic hydroxyl groups is 1. The Morgan fingerprint density at radius 2 is 2.23 bits per heavy atom. The Morgan fingerprint density at radius 3 is 2.77 bits per heavy atom. The molecule has 0 aromatic heterocycles. The van der Waals surface area contributed by atoms with Gasteiger partial charge in [0.15, 0.2) is 0 Å². The average Bonchev–Trinajstić information content (AvgIpc) is 2.16. The Morgan fingerprint density at radius 1 is 1.54 bits per heavy atom. The van der Waals surface area contributed by atoms with E-state index in [2.05, 4.69) is 6.58 Å². The van der Waals surface area contributed by atoms with Crippen molar-refractivity contribution in [2.45, 2.75) is 12.6 Å². The van der Waals surface area contributed by atoms with Gasteiger partial charge in [-0.1, -0.05) is 18.2 Å². The van der Waals surface area contributed by atoms with Crippen LogP contribution in [-0.2, 0) is 6.61 Å². The molecule has 1 aromatic carbocycles. The minimum Gasteiger partial charge on any atom is -0.508 e. The molecule has 1 rings (SSSR count). The monoisotopic (exact) mass is 179 g/mol. The molecule has 0 aliphatic carbocycles. The highest BCUT2D eigenvalue weighted by atomic mass is 16.3. The molecule has 70 valence electrons. The molecule has 0 saturated heterocycles. The highest BCUT2D eigenvalue weighted by molar-refractivity contribution is 5.42. The van der Waals surface area contributed by atoms with Crippen molar-refractivity contribution in [3.63, 3.8) is 0 Å². The van der Waals surface area contributed by atoms with Crippen molar-refractivity contribution in [3.05, 3.63) is 42.0 Å². The Balaban J connectivity index is 3.22. The van der Waals surface area contributed by atoms with Crippen LogP contribution in [0.1, 0.15) is 17.2 Å². The first-order chi connectivity index (χ1) is 6.20. The molecule has 1 atom stereocenters. The molecule has 13 heavy (non-hydrogen) atoms. The van der Waals surface area contributed by atoms with Crippen molar-refractivity contribution in [1.82, 2.24) is 0 Å². The zero-order valence-electron chi connectivity index (χ0n) is 7.27. The summed E-state index contributed by atoms with van der Waals surface area (Å²) < 4.78 is 0. The lowest BCUT2D eigenvalue weighted by Crippen LogP contribution is -2.09. The third-order valence-electron chi connectivity index (χ3n) is 1.93. The van der Waals surface area contributed by atoms with Gasteiger partial charge in [0.1, 0.15) is 5.75 Å². The van der Waals surface area contributed by atoms with Crippen molar-refractivity contribution in [3.8, 4) is 5.75 Å². The van der Waals surface area contributed by atoms with E-state index in [0.29, 0.717) is 11.1 Å². The molecule has 4 N–H and O–H groups in total. The van der Waals surface area contributed by atoms with Crippen LogP contribution in [0.15, 0.2) is 30.9 Å². The molecule has 0 bridgehead atoms. The molecule has 0 fully saturated rings. The maximum atomic E-state index is 9.49. The lowest BCUT2D eigenvalue weighted by Gasteiger charge is -2.13. The van der Waals surface area contributed by atoms with Crippen molar-refractivity contribution in [2.24, 2.45) is 5.73 Å². The molecular weight excluding hydrogens is 166 g/mol. The van der Waals surface area contributed by atoms with Crippen molar-refractivity contribution in [1.29, 1.82) is 0 Å². The van der Waals surface area contributed by atoms with Gasteiger partial charge in [-0.05, 0) is 11.6 Å². The highest BCUT2D eigenvalue weighted by Gasteiger charge is 2.11. The third-order valence-corrected chi connectivity index (χ3v) is 1.93. The van der Waals surface area contributed by atoms with Gasteiger partial charge in [-0.25, -0.2) is 0 Å². The van der Waals surface area contributed by atoms with Crippen LogP contribution in [0.3, 0.4) is 0 Å². The number of rotatable bonds is 3. The largest absolute Gasteiger partial charge is 0.508 e. The number of phenols is 1. The summed E-state index contributed by atoms with van der Waals surface area (Å²) in [5, 5.41) is 18.5. The minimum atomic E-state index is -0.441. The number of aliphatic hydroxyl groups excluding tert-OH is 1. The van der Waals surface area contributed by atoms with Crippen LogP contribution in [0, 0.1) is 0 Å². The van der Waals surface area contributed by atoms with Crippen LogP contribution >= 0.6 is 0 Å². The van der Waals surface area contributed by atoms with Crippen LogP contribution in [0.4, 0.5) is 0 Å². The lowest BCUT2D eigenvalue weighted by molar-refractivity contribution is 0.279. The smallest absolute Gasteiger partial charge is 0.121 e. The first kappa shape index (κ1) is 9.77. The minimum absolute atomic E-state index is 0.0963. The number of hydrogen-bond acceptors (Lipinski definition) is 3. The van der Waals surface area contributed by atoms with Crippen molar-refractivity contribution < 1.29 is 10.2 Å². The van der Waals surface area contributed by atoms with E-state index < -0.39 is 6.04 Å². The second-order valence-corrected chi connectivity index (χ2v) is 2.77. The normalized spacial score (nSPS) is 12.5. The summed E-state index contributed by atoms with van der Waals surface area (Å²) in [4.78, 5) is 0. The van der Waals surface area contributed by atoms with E-state index in [9.17, 15) is 5.11 Å². The average molecular weight is 179 g/mol. The molecule has 0 aliphatic heterocycles. The SMILES string of the molecule is C=C[C@H](N)c1c(O)cccc1CO. The molecule has 0 spiro atoms. The zero-order valence-corrected chi connectivity index (χ0v) is 7.27. The van der Waals surface area contributed by atoms with Crippen molar-refractivity contribution in [2.75, 3.05) is 0 Å².